The molecule has 0 radical (unpaired) electrons. The van der Waals surface area contributed by atoms with E-state index in [1.54, 1.807) is 0 Å². The van der Waals surface area contributed by atoms with Crippen molar-refractivity contribution in [2.45, 2.75) is 61.3 Å². The minimum Gasteiger partial charge on any atom is -0.390 e. The molecule has 2 saturated heterocycles. The molecule has 23 heavy (non-hydrogen) atoms. The lowest BCUT2D eigenvalue weighted by Gasteiger charge is -2.46. The van der Waals surface area contributed by atoms with Gasteiger partial charge in [-0.05, 0) is 0 Å². The lowest BCUT2D eigenvalue weighted by atomic mass is 9.96. The summed E-state index contributed by atoms with van der Waals surface area (Å²) in [4.78, 5) is 0. The second kappa shape index (κ2) is 6.78. The number of hydrogen-bond acceptors (Lipinski definition) is 11. The number of aliphatic hydroxyl groups excluding tert-OH is 8. The molecule has 0 spiro atoms. The minimum absolute atomic E-state index is 1.39. The van der Waals surface area contributed by atoms with Crippen LogP contribution >= 0.6 is 0 Å². The maximum Gasteiger partial charge on any atom is 0.263 e. The van der Waals surface area contributed by atoms with Gasteiger partial charge in [0.2, 0.25) is 0 Å². The van der Waals surface area contributed by atoms with E-state index in [1.165, 1.54) is 0 Å². The molecule has 0 aromatic rings. The normalized spacial score (nSPS) is 54.9. The molecule has 8 N–H and O–H groups in total. The summed E-state index contributed by atoms with van der Waals surface area (Å²) in [6, 6.07) is 0. The molecule has 11 nitrogen and oxygen atoms in total. The Balaban J connectivity index is 2.18. The largest absolute Gasteiger partial charge is 0.390 e. The lowest BCUT2D eigenvalue weighted by molar-refractivity contribution is -0.412. The SMILES string of the molecule is OC[C@]1(F)O[C@@H](O)[C@H](O)[C@H](O)[C@@H]1O[C@@H]1O[C@H](O)[C@@H](O)[C@H](O)[C@H]1O. The summed E-state index contributed by atoms with van der Waals surface area (Å²) >= 11 is 0. The van der Waals surface area contributed by atoms with Crippen LogP contribution in [0.1, 0.15) is 0 Å². The van der Waals surface area contributed by atoms with Crippen molar-refractivity contribution in [1.82, 2.24) is 0 Å². The van der Waals surface area contributed by atoms with E-state index < -0.39 is 68.0 Å². The summed E-state index contributed by atoms with van der Waals surface area (Å²) in [5, 5.41) is 75.5. The number of alkyl halides is 1. The van der Waals surface area contributed by atoms with E-state index in [0.717, 1.165) is 0 Å². The molecule has 2 heterocycles. The number of halogens is 1. The third-order valence-electron chi connectivity index (χ3n) is 3.73. The standard InChI is InChI=1S/C11H19FO11/c12-11(1-13)7(3(15)5(17)9(20)23-11)21-10-6(18)2(14)4(16)8(19)22-10/h2-10,13-20H,1H2/t2-,3-,4-,5+,6+,7-,8-,9+,10+,11-/m0/s1. The third kappa shape index (κ3) is 3.33. The van der Waals surface area contributed by atoms with Crippen molar-refractivity contribution in [3.8, 4) is 0 Å². The van der Waals surface area contributed by atoms with Gasteiger partial charge in [0.15, 0.2) is 25.0 Å². The highest BCUT2D eigenvalue weighted by Crippen LogP contribution is 2.35. The summed E-state index contributed by atoms with van der Waals surface area (Å²) in [7, 11) is 0. The molecular formula is C11H19FO11. The highest BCUT2D eigenvalue weighted by Gasteiger charge is 2.57. The third-order valence-corrected chi connectivity index (χ3v) is 3.73. The zero-order valence-electron chi connectivity index (χ0n) is 11.6. The van der Waals surface area contributed by atoms with Crippen molar-refractivity contribution in [2.24, 2.45) is 0 Å². The summed E-state index contributed by atoms with van der Waals surface area (Å²) in [5.74, 6) is -3.17. The van der Waals surface area contributed by atoms with Gasteiger partial charge in [0.05, 0.1) is 0 Å². The Morgan fingerprint density at radius 2 is 1.39 bits per heavy atom. The summed E-state index contributed by atoms with van der Waals surface area (Å²) in [5.41, 5.74) is 0. The molecule has 10 atom stereocenters. The first-order valence-electron chi connectivity index (χ1n) is 6.67. The maximum atomic E-state index is 14.5. The fourth-order valence-corrected chi connectivity index (χ4v) is 2.34. The summed E-state index contributed by atoms with van der Waals surface area (Å²) < 4.78 is 28.3. The average Bonchev–Trinajstić information content (AvgIpc) is 2.52. The molecule has 2 aliphatic rings. The van der Waals surface area contributed by atoms with Gasteiger partial charge in [-0.15, -0.1) is 0 Å². The lowest BCUT2D eigenvalue weighted by Crippen LogP contribution is -2.67. The van der Waals surface area contributed by atoms with Crippen LogP contribution < -0.4 is 0 Å². The van der Waals surface area contributed by atoms with Crippen molar-refractivity contribution >= 4 is 0 Å². The molecular weight excluding hydrogens is 327 g/mol. The second-order valence-corrected chi connectivity index (χ2v) is 5.36. The zero-order valence-corrected chi connectivity index (χ0v) is 11.6. The number of ether oxygens (including phenoxy) is 3. The Bertz CT molecular complexity index is 413. The molecule has 0 bridgehead atoms. The summed E-state index contributed by atoms with van der Waals surface area (Å²) in [6.07, 6.45) is -18.1. The van der Waals surface area contributed by atoms with Gasteiger partial charge in [0.1, 0.15) is 37.1 Å². The van der Waals surface area contributed by atoms with Crippen molar-refractivity contribution < 1.29 is 59.5 Å². The van der Waals surface area contributed by atoms with E-state index in [-0.39, 0.29) is 0 Å². The van der Waals surface area contributed by atoms with E-state index in [2.05, 4.69) is 9.47 Å². The van der Waals surface area contributed by atoms with E-state index in [9.17, 15) is 40.1 Å². The second-order valence-electron chi connectivity index (χ2n) is 5.36. The number of rotatable bonds is 3. The van der Waals surface area contributed by atoms with Gasteiger partial charge >= 0.3 is 0 Å². The predicted molar refractivity (Wildman–Crippen MR) is 63.8 cm³/mol. The van der Waals surface area contributed by atoms with Crippen molar-refractivity contribution in [3.05, 3.63) is 0 Å². The van der Waals surface area contributed by atoms with E-state index in [0.29, 0.717) is 0 Å². The van der Waals surface area contributed by atoms with Crippen molar-refractivity contribution in [3.63, 3.8) is 0 Å². The average molecular weight is 346 g/mol. The van der Waals surface area contributed by atoms with Crippen molar-refractivity contribution in [2.75, 3.05) is 6.61 Å². The predicted octanol–water partition coefficient (Wildman–Crippen LogP) is -5.14. The Morgan fingerprint density at radius 1 is 0.826 bits per heavy atom. The van der Waals surface area contributed by atoms with Crippen molar-refractivity contribution in [1.29, 1.82) is 0 Å². The molecule has 2 fully saturated rings. The molecule has 0 amide bonds. The van der Waals surface area contributed by atoms with Crippen LogP contribution in [0.25, 0.3) is 0 Å². The first-order valence-corrected chi connectivity index (χ1v) is 6.67. The molecule has 2 rings (SSSR count). The van der Waals surface area contributed by atoms with Crippen LogP contribution in [0.2, 0.25) is 0 Å². The zero-order chi connectivity index (χ0) is 17.5. The van der Waals surface area contributed by atoms with Crippen LogP contribution in [-0.4, -0.2) is 109 Å². The molecule has 0 aromatic heterocycles. The quantitative estimate of drug-likeness (QED) is 0.244. The van der Waals surface area contributed by atoms with Crippen LogP contribution in [0.5, 0.6) is 0 Å². The minimum atomic E-state index is -3.17. The first-order chi connectivity index (χ1) is 10.6. The Kier molecular flexibility index (Phi) is 5.55. The highest BCUT2D eigenvalue weighted by molar-refractivity contribution is 4.96. The van der Waals surface area contributed by atoms with Gasteiger partial charge in [-0.2, -0.15) is 0 Å². The monoisotopic (exact) mass is 346 g/mol. The van der Waals surface area contributed by atoms with Crippen LogP contribution in [0.15, 0.2) is 0 Å². The molecule has 12 heteroatoms. The van der Waals surface area contributed by atoms with Gasteiger partial charge in [-0.1, -0.05) is 0 Å². The molecule has 0 aromatic carbocycles. The molecule has 0 aliphatic carbocycles. The van der Waals surface area contributed by atoms with Crippen LogP contribution in [0.4, 0.5) is 4.39 Å². The Morgan fingerprint density at radius 3 is 1.96 bits per heavy atom. The van der Waals surface area contributed by atoms with Gasteiger partial charge in [-0.25, -0.2) is 4.39 Å². The van der Waals surface area contributed by atoms with Gasteiger partial charge in [0.25, 0.3) is 5.85 Å². The molecule has 0 unspecified atom stereocenters. The van der Waals surface area contributed by atoms with Crippen LogP contribution in [0.3, 0.4) is 0 Å². The van der Waals surface area contributed by atoms with Gasteiger partial charge in [-0.3, -0.25) is 0 Å². The van der Waals surface area contributed by atoms with E-state index in [1.807, 2.05) is 0 Å². The molecule has 136 valence electrons. The van der Waals surface area contributed by atoms with Crippen LogP contribution in [-0.2, 0) is 14.2 Å². The highest BCUT2D eigenvalue weighted by atomic mass is 19.2. The first kappa shape index (κ1) is 18.8. The van der Waals surface area contributed by atoms with Crippen LogP contribution in [0, 0.1) is 0 Å². The number of hydrogen-bond donors (Lipinski definition) is 8. The Labute approximate surface area is 128 Å². The molecule has 2 aliphatic heterocycles. The summed E-state index contributed by atoms with van der Waals surface area (Å²) in [6.45, 7) is -1.39. The fraction of sp³-hybridized carbons (Fsp3) is 1.00. The maximum absolute atomic E-state index is 14.5. The van der Waals surface area contributed by atoms with E-state index in [4.69, 9.17) is 9.84 Å². The van der Waals surface area contributed by atoms with E-state index >= 15 is 0 Å². The Hall–Kier alpha value is -0.510. The number of aliphatic hydroxyl groups is 8. The van der Waals surface area contributed by atoms with Gasteiger partial charge in [0, 0.05) is 0 Å². The topological polar surface area (TPSA) is 190 Å². The van der Waals surface area contributed by atoms with Gasteiger partial charge < -0.3 is 55.1 Å². The molecule has 0 saturated carbocycles. The smallest absolute Gasteiger partial charge is 0.263 e. The fourth-order valence-electron chi connectivity index (χ4n) is 2.34.